The largest absolute Gasteiger partial charge is 0.330 e. The molecule has 0 aromatic heterocycles. The molecule has 0 aliphatic carbocycles. The SMILES string of the molecule is NCCSP. The lowest BCUT2D eigenvalue weighted by Crippen LogP contribution is -1.98. The zero-order valence-electron chi connectivity index (χ0n) is 2.98. The first-order valence-electron chi connectivity index (χ1n) is 1.43. The molecule has 5 heavy (non-hydrogen) atoms. The highest BCUT2D eigenvalue weighted by Crippen LogP contribution is 2.06. The maximum atomic E-state index is 5.10. The summed E-state index contributed by atoms with van der Waals surface area (Å²) in [4.78, 5) is 0. The fraction of sp³-hybridized carbons (Fsp3) is 1.00. The number of hydrogen-bond donors (Lipinski definition) is 1. The van der Waals surface area contributed by atoms with Gasteiger partial charge in [0.05, 0.1) is 0 Å². The summed E-state index contributed by atoms with van der Waals surface area (Å²) in [6, 6.07) is 0. The molecular formula is C2H8NPS. The highest BCUT2D eigenvalue weighted by molar-refractivity contribution is 8.43. The van der Waals surface area contributed by atoms with Crippen LogP contribution in [0.2, 0.25) is 0 Å². The fourth-order valence-corrected chi connectivity index (χ4v) is 0.612. The Morgan fingerprint density at radius 2 is 2.40 bits per heavy atom. The van der Waals surface area contributed by atoms with Crippen molar-refractivity contribution in [2.45, 2.75) is 0 Å². The molecule has 0 aromatic carbocycles. The summed E-state index contributed by atoms with van der Waals surface area (Å²) in [6.45, 7) is 0.786. The van der Waals surface area contributed by atoms with Crippen molar-refractivity contribution in [3.8, 4) is 0 Å². The standard InChI is InChI=1S/C2H8NPS/c3-1-2-5-4/h1-4H2. The Hall–Kier alpha value is 0.740. The lowest BCUT2D eigenvalue weighted by Gasteiger charge is -1.80. The van der Waals surface area contributed by atoms with Crippen LogP contribution in [-0.2, 0) is 0 Å². The summed E-state index contributed by atoms with van der Waals surface area (Å²) in [5, 5.41) is 0. The van der Waals surface area contributed by atoms with Crippen LogP contribution >= 0.6 is 19.8 Å². The van der Waals surface area contributed by atoms with Crippen LogP contribution in [0.3, 0.4) is 0 Å². The summed E-state index contributed by atoms with van der Waals surface area (Å²) >= 11 is 1.69. The molecule has 0 spiro atoms. The van der Waals surface area contributed by atoms with E-state index in [1.807, 2.05) is 0 Å². The Labute approximate surface area is 38.6 Å². The molecule has 0 aliphatic rings. The van der Waals surface area contributed by atoms with Gasteiger partial charge in [0.25, 0.3) is 0 Å². The van der Waals surface area contributed by atoms with E-state index in [1.165, 1.54) is 0 Å². The van der Waals surface area contributed by atoms with Crippen molar-refractivity contribution in [1.29, 1.82) is 0 Å². The van der Waals surface area contributed by atoms with Crippen LogP contribution in [0, 0.1) is 0 Å². The minimum absolute atomic E-state index is 0.786. The highest BCUT2D eigenvalue weighted by atomic mass is 32.7. The Kier molecular flexibility index (Phi) is 5.44. The van der Waals surface area contributed by atoms with Gasteiger partial charge in [-0.05, 0) is 0 Å². The van der Waals surface area contributed by atoms with Crippen molar-refractivity contribution in [1.82, 2.24) is 0 Å². The molecule has 0 aliphatic heterocycles. The van der Waals surface area contributed by atoms with Crippen molar-refractivity contribution in [2.75, 3.05) is 12.3 Å². The van der Waals surface area contributed by atoms with E-state index in [4.69, 9.17) is 5.73 Å². The van der Waals surface area contributed by atoms with E-state index in [0.29, 0.717) is 0 Å². The first kappa shape index (κ1) is 5.74. The van der Waals surface area contributed by atoms with Crippen LogP contribution in [0.25, 0.3) is 0 Å². The lowest BCUT2D eigenvalue weighted by atomic mass is 10.8. The van der Waals surface area contributed by atoms with Gasteiger partial charge < -0.3 is 5.73 Å². The van der Waals surface area contributed by atoms with Crippen LogP contribution < -0.4 is 5.73 Å². The minimum Gasteiger partial charge on any atom is -0.330 e. The molecule has 32 valence electrons. The van der Waals surface area contributed by atoms with E-state index in [0.717, 1.165) is 12.3 Å². The highest BCUT2D eigenvalue weighted by Gasteiger charge is 1.67. The fourth-order valence-electron chi connectivity index (χ4n) is 0.0680. The first-order chi connectivity index (χ1) is 2.41. The molecule has 0 radical (unpaired) electrons. The van der Waals surface area contributed by atoms with E-state index in [1.54, 1.807) is 11.4 Å². The molecule has 1 unspecified atom stereocenters. The normalized spacial score (nSPS) is 8.40. The number of rotatable bonds is 2. The summed E-state index contributed by atoms with van der Waals surface area (Å²) < 4.78 is 0. The van der Waals surface area contributed by atoms with E-state index >= 15 is 0 Å². The Morgan fingerprint density at radius 1 is 1.80 bits per heavy atom. The van der Waals surface area contributed by atoms with Gasteiger partial charge in [-0.2, -0.15) is 0 Å². The van der Waals surface area contributed by atoms with Gasteiger partial charge in [0.15, 0.2) is 0 Å². The Balaban J connectivity index is 2.19. The molecule has 0 bridgehead atoms. The van der Waals surface area contributed by atoms with Crippen LogP contribution in [-0.4, -0.2) is 12.3 Å². The van der Waals surface area contributed by atoms with Gasteiger partial charge in [0.1, 0.15) is 0 Å². The molecule has 2 N–H and O–H groups in total. The molecule has 0 rings (SSSR count). The summed E-state index contributed by atoms with van der Waals surface area (Å²) in [6.07, 6.45) is 0. The van der Waals surface area contributed by atoms with E-state index in [2.05, 4.69) is 8.44 Å². The predicted octanol–water partition coefficient (Wildman–Crippen LogP) is 0.468. The molecule has 0 fully saturated rings. The molecule has 1 atom stereocenters. The zero-order valence-corrected chi connectivity index (χ0v) is 4.95. The number of hydrogen-bond acceptors (Lipinski definition) is 2. The average molecular weight is 109 g/mol. The van der Waals surface area contributed by atoms with Gasteiger partial charge in [-0.25, -0.2) is 0 Å². The predicted molar refractivity (Wildman–Crippen MR) is 31.2 cm³/mol. The third-order valence-corrected chi connectivity index (χ3v) is 1.41. The van der Waals surface area contributed by atoms with Crippen molar-refractivity contribution in [2.24, 2.45) is 5.73 Å². The van der Waals surface area contributed by atoms with Gasteiger partial charge in [-0.1, -0.05) is 8.44 Å². The van der Waals surface area contributed by atoms with E-state index < -0.39 is 0 Å². The van der Waals surface area contributed by atoms with E-state index in [9.17, 15) is 0 Å². The van der Waals surface area contributed by atoms with Crippen molar-refractivity contribution < 1.29 is 0 Å². The summed E-state index contributed by atoms with van der Waals surface area (Å²) in [7, 11) is 2.54. The molecular weight excluding hydrogens is 101 g/mol. The quantitative estimate of drug-likeness (QED) is 0.521. The second kappa shape index (κ2) is 4.74. The molecule has 1 nitrogen and oxygen atoms in total. The molecule has 3 heteroatoms. The summed E-state index contributed by atoms with van der Waals surface area (Å²) in [5.74, 6) is 1.05. The molecule has 0 saturated heterocycles. The monoisotopic (exact) mass is 109 g/mol. The summed E-state index contributed by atoms with van der Waals surface area (Å²) in [5.41, 5.74) is 5.10. The smallest absolute Gasteiger partial charge is 0.00923 e. The second-order valence-electron chi connectivity index (χ2n) is 0.659. The Bertz CT molecular complexity index is 17.1. The zero-order chi connectivity index (χ0) is 4.12. The van der Waals surface area contributed by atoms with Crippen LogP contribution in [0.5, 0.6) is 0 Å². The topological polar surface area (TPSA) is 26.0 Å². The van der Waals surface area contributed by atoms with E-state index in [-0.39, 0.29) is 0 Å². The third-order valence-electron chi connectivity index (χ3n) is 0.236. The van der Waals surface area contributed by atoms with Crippen LogP contribution in [0.1, 0.15) is 0 Å². The maximum absolute atomic E-state index is 5.10. The number of nitrogens with two attached hydrogens (primary N) is 1. The van der Waals surface area contributed by atoms with Crippen LogP contribution in [0.15, 0.2) is 0 Å². The molecule has 0 heterocycles. The molecule has 0 aromatic rings. The van der Waals surface area contributed by atoms with Crippen molar-refractivity contribution in [3.63, 3.8) is 0 Å². The minimum atomic E-state index is 0.786. The van der Waals surface area contributed by atoms with Gasteiger partial charge >= 0.3 is 0 Å². The lowest BCUT2D eigenvalue weighted by molar-refractivity contribution is 1.16. The second-order valence-corrected chi connectivity index (χ2v) is 2.40. The van der Waals surface area contributed by atoms with Crippen molar-refractivity contribution >= 4 is 19.8 Å². The molecule has 0 saturated carbocycles. The van der Waals surface area contributed by atoms with Crippen LogP contribution in [0.4, 0.5) is 0 Å². The third kappa shape index (κ3) is 4.74. The van der Waals surface area contributed by atoms with Gasteiger partial charge in [0, 0.05) is 12.3 Å². The molecule has 0 amide bonds. The van der Waals surface area contributed by atoms with Gasteiger partial charge in [0.2, 0.25) is 0 Å². The first-order valence-corrected chi connectivity index (χ1v) is 3.90. The Morgan fingerprint density at radius 3 is 2.40 bits per heavy atom. The van der Waals surface area contributed by atoms with Gasteiger partial charge in [-0.15, -0.1) is 11.4 Å². The van der Waals surface area contributed by atoms with Gasteiger partial charge in [-0.3, -0.25) is 0 Å². The van der Waals surface area contributed by atoms with Crippen molar-refractivity contribution in [3.05, 3.63) is 0 Å². The maximum Gasteiger partial charge on any atom is 0.00923 e. The average Bonchev–Trinajstić information content (AvgIpc) is 1.41.